The molecule has 1 aromatic heterocycles. The molecule has 2 heterocycles. The van der Waals surface area contributed by atoms with Gasteiger partial charge in [-0.1, -0.05) is 17.7 Å². The number of amides is 3. The number of nitrogens with zero attached hydrogens (tertiary/aromatic N) is 2. The summed E-state index contributed by atoms with van der Waals surface area (Å²) in [7, 11) is 0. The summed E-state index contributed by atoms with van der Waals surface area (Å²) in [5.74, 6) is 0.892. The summed E-state index contributed by atoms with van der Waals surface area (Å²) in [6.45, 7) is 5.48. The van der Waals surface area contributed by atoms with E-state index in [2.05, 4.69) is 20.6 Å². The third-order valence-corrected chi connectivity index (χ3v) is 5.93. The SMILES string of the molecule is Cc1ccc2c(c1)C(=O)NCCN(C(=O)Cc1ccc3nc(C)[nH]c3c1)CCCC(=O)NCCO2. The summed E-state index contributed by atoms with van der Waals surface area (Å²) in [6.07, 6.45) is 1.07. The number of nitrogens with one attached hydrogen (secondary N) is 3. The van der Waals surface area contributed by atoms with E-state index in [-0.39, 0.29) is 30.7 Å². The van der Waals surface area contributed by atoms with Gasteiger partial charge in [-0.05, 0) is 50.1 Å². The van der Waals surface area contributed by atoms with E-state index in [0.29, 0.717) is 50.3 Å². The predicted molar refractivity (Wildman–Crippen MR) is 132 cm³/mol. The number of benzene rings is 2. The summed E-state index contributed by atoms with van der Waals surface area (Å²) in [5.41, 5.74) is 4.01. The molecule has 0 radical (unpaired) electrons. The second-order valence-electron chi connectivity index (χ2n) is 8.79. The quantitative estimate of drug-likeness (QED) is 0.524. The van der Waals surface area contributed by atoms with E-state index in [0.717, 1.165) is 28.0 Å². The van der Waals surface area contributed by atoms with Gasteiger partial charge in [-0.3, -0.25) is 14.4 Å². The van der Waals surface area contributed by atoms with Gasteiger partial charge in [0.2, 0.25) is 11.8 Å². The summed E-state index contributed by atoms with van der Waals surface area (Å²) in [4.78, 5) is 47.6. The van der Waals surface area contributed by atoms with Crippen molar-refractivity contribution in [1.29, 1.82) is 0 Å². The predicted octanol–water partition coefficient (Wildman–Crippen LogP) is 2.27. The average Bonchev–Trinajstić information content (AvgIpc) is 3.20. The molecule has 0 saturated heterocycles. The van der Waals surface area contributed by atoms with Crippen LogP contribution >= 0.6 is 0 Å². The van der Waals surface area contributed by atoms with Crippen molar-refractivity contribution in [3.63, 3.8) is 0 Å². The number of hydrogen-bond acceptors (Lipinski definition) is 5. The van der Waals surface area contributed by atoms with E-state index in [1.165, 1.54) is 0 Å². The maximum Gasteiger partial charge on any atom is 0.255 e. The van der Waals surface area contributed by atoms with E-state index in [1.807, 2.05) is 38.1 Å². The molecule has 0 saturated carbocycles. The lowest BCUT2D eigenvalue weighted by molar-refractivity contribution is -0.131. The largest absolute Gasteiger partial charge is 0.491 e. The Kier molecular flexibility index (Phi) is 7.64. The first-order valence-electron chi connectivity index (χ1n) is 11.9. The van der Waals surface area contributed by atoms with Gasteiger partial charge < -0.3 is 25.3 Å². The first-order valence-corrected chi connectivity index (χ1v) is 11.9. The number of hydrogen-bond donors (Lipinski definition) is 3. The van der Waals surface area contributed by atoms with Gasteiger partial charge in [0.05, 0.1) is 29.6 Å². The van der Waals surface area contributed by atoms with Crippen LogP contribution in [0.2, 0.25) is 0 Å². The van der Waals surface area contributed by atoms with Gasteiger partial charge in [-0.2, -0.15) is 0 Å². The highest BCUT2D eigenvalue weighted by atomic mass is 16.5. The monoisotopic (exact) mass is 477 g/mol. The molecule has 0 spiro atoms. The molecule has 9 nitrogen and oxygen atoms in total. The fraction of sp³-hybridized carbons (Fsp3) is 0.385. The Hall–Kier alpha value is -3.88. The van der Waals surface area contributed by atoms with Crippen LogP contribution in [0.5, 0.6) is 5.75 Å². The summed E-state index contributed by atoms with van der Waals surface area (Å²) < 4.78 is 5.75. The van der Waals surface area contributed by atoms with Gasteiger partial charge >= 0.3 is 0 Å². The number of H-pyrrole nitrogens is 1. The molecule has 3 amide bonds. The third-order valence-electron chi connectivity index (χ3n) is 5.93. The molecule has 0 unspecified atom stereocenters. The van der Waals surface area contributed by atoms with E-state index < -0.39 is 0 Å². The van der Waals surface area contributed by atoms with Crippen LogP contribution in [-0.2, 0) is 16.0 Å². The third kappa shape index (κ3) is 6.38. The Bertz CT molecular complexity index is 1240. The van der Waals surface area contributed by atoms with Crippen molar-refractivity contribution in [1.82, 2.24) is 25.5 Å². The molecule has 3 aromatic rings. The summed E-state index contributed by atoms with van der Waals surface area (Å²) in [5, 5.41) is 5.74. The zero-order valence-corrected chi connectivity index (χ0v) is 20.1. The van der Waals surface area contributed by atoms with Gasteiger partial charge in [-0.25, -0.2) is 4.98 Å². The standard InChI is InChI=1S/C26H31N5O4/c1-17-5-8-23-20(14-17)26(34)28-9-12-31(11-3-4-24(32)27-10-13-35-23)25(33)16-19-6-7-21-22(15-19)30-18(2)29-21/h5-8,14-15H,3-4,9-13,16H2,1-2H3,(H,27,32)(H,28,34)(H,29,30). The zero-order valence-electron chi connectivity index (χ0n) is 20.1. The number of fused-ring (bicyclic) bond motifs is 2. The molecule has 0 bridgehead atoms. The van der Waals surface area contributed by atoms with Crippen molar-refractivity contribution < 1.29 is 19.1 Å². The smallest absolute Gasteiger partial charge is 0.255 e. The molecule has 0 fully saturated rings. The lowest BCUT2D eigenvalue weighted by Gasteiger charge is -2.23. The molecule has 9 heteroatoms. The topological polar surface area (TPSA) is 116 Å². The fourth-order valence-corrected chi connectivity index (χ4v) is 4.16. The highest BCUT2D eigenvalue weighted by Crippen LogP contribution is 2.20. The number of aromatic nitrogens is 2. The molecule has 0 atom stereocenters. The van der Waals surface area contributed by atoms with Gasteiger partial charge in [0.15, 0.2) is 0 Å². The normalized spacial score (nSPS) is 15.9. The van der Waals surface area contributed by atoms with Crippen molar-refractivity contribution >= 4 is 28.8 Å². The molecule has 4 rings (SSSR count). The van der Waals surface area contributed by atoms with Crippen molar-refractivity contribution in [3.05, 3.63) is 58.9 Å². The number of aromatic amines is 1. The summed E-state index contributed by atoms with van der Waals surface area (Å²) >= 11 is 0. The molecular weight excluding hydrogens is 446 g/mol. The second kappa shape index (κ2) is 11.0. The molecule has 1 aliphatic heterocycles. The van der Waals surface area contributed by atoms with Crippen LogP contribution in [0.25, 0.3) is 11.0 Å². The van der Waals surface area contributed by atoms with E-state index in [4.69, 9.17) is 4.74 Å². The molecule has 2 aromatic carbocycles. The van der Waals surface area contributed by atoms with Crippen LogP contribution in [0.3, 0.4) is 0 Å². The maximum atomic E-state index is 13.2. The Balaban J connectivity index is 1.47. The number of imidazole rings is 1. The number of carbonyl (C=O) groups is 3. The van der Waals surface area contributed by atoms with Crippen LogP contribution in [0.15, 0.2) is 36.4 Å². The second-order valence-corrected chi connectivity index (χ2v) is 8.79. The average molecular weight is 478 g/mol. The number of rotatable bonds is 2. The Morgan fingerprint density at radius 1 is 1.06 bits per heavy atom. The Labute approximate surface area is 204 Å². The van der Waals surface area contributed by atoms with Crippen LogP contribution in [0.4, 0.5) is 0 Å². The van der Waals surface area contributed by atoms with Crippen molar-refractivity contribution in [2.24, 2.45) is 0 Å². The minimum absolute atomic E-state index is 0.0564. The Morgan fingerprint density at radius 3 is 2.77 bits per heavy atom. The lowest BCUT2D eigenvalue weighted by atomic mass is 10.1. The van der Waals surface area contributed by atoms with E-state index in [9.17, 15) is 14.4 Å². The number of aryl methyl sites for hydroxylation is 2. The van der Waals surface area contributed by atoms with Gasteiger partial charge in [0, 0.05) is 26.1 Å². The molecule has 35 heavy (non-hydrogen) atoms. The number of carbonyl (C=O) groups excluding carboxylic acids is 3. The van der Waals surface area contributed by atoms with Crippen molar-refractivity contribution in [2.75, 3.05) is 32.8 Å². The lowest BCUT2D eigenvalue weighted by Crippen LogP contribution is -2.40. The zero-order chi connectivity index (χ0) is 24.8. The fourth-order valence-electron chi connectivity index (χ4n) is 4.16. The van der Waals surface area contributed by atoms with Crippen LogP contribution < -0.4 is 15.4 Å². The van der Waals surface area contributed by atoms with Crippen LogP contribution in [-0.4, -0.2) is 65.4 Å². The van der Waals surface area contributed by atoms with Gasteiger partial charge in [0.1, 0.15) is 18.2 Å². The van der Waals surface area contributed by atoms with Crippen LogP contribution in [0, 0.1) is 13.8 Å². The molecular formula is C26H31N5O4. The van der Waals surface area contributed by atoms with E-state index >= 15 is 0 Å². The van der Waals surface area contributed by atoms with Gasteiger partial charge in [0.25, 0.3) is 5.91 Å². The highest BCUT2D eigenvalue weighted by Gasteiger charge is 2.18. The first-order chi connectivity index (χ1) is 16.9. The summed E-state index contributed by atoms with van der Waals surface area (Å²) in [6, 6.07) is 11.2. The molecule has 0 aliphatic carbocycles. The minimum Gasteiger partial charge on any atom is -0.491 e. The first kappa shape index (κ1) is 24.3. The molecule has 3 N–H and O–H groups in total. The van der Waals surface area contributed by atoms with Crippen molar-refractivity contribution in [3.8, 4) is 5.75 Å². The Morgan fingerprint density at radius 2 is 1.91 bits per heavy atom. The molecule has 184 valence electrons. The van der Waals surface area contributed by atoms with Gasteiger partial charge in [-0.15, -0.1) is 0 Å². The maximum absolute atomic E-state index is 13.2. The van der Waals surface area contributed by atoms with E-state index in [1.54, 1.807) is 17.0 Å². The van der Waals surface area contributed by atoms with Crippen LogP contribution in [0.1, 0.15) is 40.2 Å². The number of ether oxygens (including phenoxy) is 1. The van der Waals surface area contributed by atoms with Crippen molar-refractivity contribution in [2.45, 2.75) is 33.1 Å². The minimum atomic E-state index is -0.255. The molecule has 1 aliphatic rings. The highest BCUT2D eigenvalue weighted by molar-refractivity contribution is 5.97.